The Labute approximate surface area is 101 Å². The second kappa shape index (κ2) is 6.66. The molecule has 4 heteroatoms. The molecular formula is C12H19NO2S. The van der Waals surface area contributed by atoms with Crippen molar-refractivity contribution < 1.29 is 9.53 Å². The van der Waals surface area contributed by atoms with Crippen molar-refractivity contribution in [1.82, 2.24) is 5.32 Å². The minimum atomic E-state index is -0.134. The second-order valence-corrected chi connectivity index (χ2v) is 5.05. The molecule has 0 aliphatic heterocycles. The lowest BCUT2D eigenvalue weighted by molar-refractivity contribution is -0.145. The van der Waals surface area contributed by atoms with E-state index in [4.69, 9.17) is 4.74 Å². The maximum Gasteiger partial charge on any atom is 0.308 e. The van der Waals surface area contributed by atoms with Gasteiger partial charge in [-0.3, -0.25) is 4.79 Å². The Balaban J connectivity index is 2.25. The van der Waals surface area contributed by atoms with Crippen molar-refractivity contribution in [2.45, 2.75) is 32.9 Å². The van der Waals surface area contributed by atoms with Crippen LogP contribution in [-0.2, 0) is 16.1 Å². The van der Waals surface area contributed by atoms with Crippen LogP contribution in [0.25, 0.3) is 0 Å². The minimum Gasteiger partial charge on any atom is -0.469 e. The van der Waals surface area contributed by atoms with Gasteiger partial charge in [0.25, 0.3) is 0 Å². The van der Waals surface area contributed by atoms with Crippen molar-refractivity contribution in [2.24, 2.45) is 5.92 Å². The molecule has 90 valence electrons. The van der Waals surface area contributed by atoms with Gasteiger partial charge < -0.3 is 10.1 Å². The van der Waals surface area contributed by atoms with Crippen LogP contribution in [0.2, 0.25) is 0 Å². The molecule has 0 amide bonds. The number of rotatable bonds is 6. The predicted molar refractivity (Wildman–Crippen MR) is 66.4 cm³/mol. The van der Waals surface area contributed by atoms with Crippen LogP contribution in [0.3, 0.4) is 0 Å². The molecule has 16 heavy (non-hydrogen) atoms. The molecule has 2 atom stereocenters. The summed E-state index contributed by atoms with van der Waals surface area (Å²) < 4.78 is 4.70. The van der Waals surface area contributed by atoms with Crippen LogP contribution in [0, 0.1) is 5.92 Å². The highest BCUT2D eigenvalue weighted by Gasteiger charge is 2.16. The van der Waals surface area contributed by atoms with Crippen LogP contribution in [0.5, 0.6) is 0 Å². The van der Waals surface area contributed by atoms with E-state index >= 15 is 0 Å². The quantitative estimate of drug-likeness (QED) is 0.777. The number of nitrogens with one attached hydrogen (secondary N) is 1. The Morgan fingerprint density at radius 1 is 1.56 bits per heavy atom. The molecule has 1 aromatic rings. The van der Waals surface area contributed by atoms with Crippen molar-refractivity contribution in [3.05, 3.63) is 22.4 Å². The first kappa shape index (κ1) is 13.2. The summed E-state index contributed by atoms with van der Waals surface area (Å²) in [6.07, 6.45) is 0.804. The van der Waals surface area contributed by atoms with E-state index in [0.29, 0.717) is 6.04 Å². The summed E-state index contributed by atoms with van der Waals surface area (Å²) in [4.78, 5) is 12.5. The molecule has 0 aromatic carbocycles. The number of hydrogen-bond donors (Lipinski definition) is 1. The van der Waals surface area contributed by atoms with Gasteiger partial charge in [-0.2, -0.15) is 0 Å². The highest BCUT2D eigenvalue weighted by molar-refractivity contribution is 7.09. The molecule has 3 nitrogen and oxygen atoms in total. The molecule has 0 aliphatic carbocycles. The van der Waals surface area contributed by atoms with Crippen LogP contribution < -0.4 is 5.32 Å². The largest absolute Gasteiger partial charge is 0.469 e. The molecule has 1 aromatic heterocycles. The van der Waals surface area contributed by atoms with E-state index < -0.39 is 0 Å². The molecule has 1 rings (SSSR count). The normalized spacial score (nSPS) is 14.4. The van der Waals surface area contributed by atoms with Gasteiger partial charge in [-0.1, -0.05) is 13.0 Å². The first-order valence-corrected chi connectivity index (χ1v) is 6.35. The maximum absolute atomic E-state index is 11.2. The summed E-state index contributed by atoms with van der Waals surface area (Å²) in [5, 5.41) is 5.47. The second-order valence-electron chi connectivity index (χ2n) is 4.02. The molecule has 1 N–H and O–H groups in total. The van der Waals surface area contributed by atoms with E-state index in [2.05, 4.69) is 23.7 Å². The first-order chi connectivity index (χ1) is 7.63. The van der Waals surface area contributed by atoms with Crippen molar-refractivity contribution in [1.29, 1.82) is 0 Å². The van der Waals surface area contributed by atoms with Crippen LogP contribution in [0.1, 0.15) is 25.1 Å². The highest BCUT2D eigenvalue weighted by Crippen LogP contribution is 2.11. The zero-order valence-corrected chi connectivity index (χ0v) is 10.8. The molecule has 0 fully saturated rings. The Morgan fingerprint density at radius 3 is 2.88 bits per heavy atom. The topological polar surface area (TPSA) is 38.3 Å². The van der Waals surface area contributed by atoms with Gasteiger partial charge in [0, 0.05) is 17.5 Å². The van der Waals surface area contributed by atoms with Crippen LogP contribution in [0.4, 0.5) is 0 Å². The zero-order chi connectivity index (χ0) is 12.0. The number of carbonyl (C=O) groups is 1. The van der Waals surface area contributed by atoms with Gasteiger partial charge in [-0.05, 0) is 24.8 Å². The van der Waals surface area contributed by atoms with Gasteiger partial charge in [-0.25, -0.2) is 0 Å². The van der Waals surface area contributed by atoms with Crippen LogP contribution >= 0.6 is 11.3 Å². The van der Waals surface area contributed by atoms with Gasteiger partial charge in [0.1, 0.15) is 0 Å². The molecule has 0 spiro atoms. The van der Waals surface area contributed by atoms with E-state index in [-0.39, 0.29) is 11.9 Å². The SMILES string of the molecule is COC(=O)C(C)CC(C)NCc1cccs1. The monoisotopic (exact) mass is 241 g/mol. The van der Waals surface area contributed by atoms with E-state index in [1.807, 2.05) is 13.0 Å². The van der Waals surface area contributed by atoms with Gasteiger partial charge >= 0.3 is 5.97 Å². The third-order valence-electron chi connectivity index (χ3n) is 2.52. The number of methoxy groups -OCH3 is 1. The Morgan fingerprint density at radius 2 is 2.31 bits per heavy atom. The average molecular weight is 241 g/mol. The molecule has 0 saturated heterocycles. The lowest BCUT2D eigenvalue weighted by Gasteiger charge is -2.16. The van der Waals surface area contributed by atoms with E-state index in [9.17, 15) is 4.79 Å². The fraction of sp³-hybridized carbons (Fsp3) is 0.583. The number of ether oxygens (including phenoxy) is 1. The van der Waals surface area contributed by atoms with Crippen molar-refractivity contribution in [3.8, 4) is 0 Å². The summed E-state index contributed by atoms with van der Waals surface area (Å²) >= 11 is 1.74. The molecule has 0 aliphatic rings. The number of carbonyl (C=O) groups excluding carboxylic acids is 1. The number of esters is 1. The van der Waals surface area contributed by atoms with E-state index in [1.54, 1.807) is 11.3 Å². The van der Waals surface area contributed by atoms with E-state index in [0.717, 1.165) is 13.0 Å². The Kier molecular flexibility index (Phi) is 5.49. The minimum absolute atomic E-state index is 0.0455. The van der Waals surface area contributed by atoms with Gasteiger partial charge in [0.2, 0.25) is 0 Å². The zero-order valence-electron chi connectivity index (χ0n) is 10.0. The predicted octanol–water partition coefficient (Wildman–Crippen LogP) is 2.43. The van der Waals surface area contributed by atoms with Crippen LogP contribution in [-0.4, -0.2) is 19.1 Å². The average Bonchev–Trinajstić information content (AvgIpc) is 2.78. The van der Waals surface area contributed by atoms with Gasteiger partial charge in [0.15, 0.2) is 0 Å². The highest BCUT2D eigenvalue weighted by atomic mass is 32.1. The summed E-state index contributed by atoms with van der Waals surface area (Å²) in [6.45, 7) is 4.86. The molecule has 2 unspecified atom stereocenters. The number of hydrogen-bond acceptors (Lipinski definition) is 4. The molecule has 0 radical (unpaired) electrons. The van der Waals surface area contributed by atoms with Gasteiger partial charge in [0.05, 0.1) is 13.0 Å². The summed E-state index contributed by atoms with van der Waals surface area (Å²) in [6, 6.07) is 4.47. The fourth-order valence-electron chi connectivity index (χ4n) is 1.60. The first-order valence-electron chi connectivity index (χ1n) is 5.47. The lowest BCUT2D eigenvalue weighted by Crippen LogP contribution is -2.29. The molecule has 0 bridgehead atoms. The third kappa shape index (κ3) is 4.33. The maximum atomic E-state index is 11.2. The summed E-state index contributed by atoms with van der Waals surface area (Å²) in [5.41, 5.74) is 0. The number of thiophene rings is 1. The van der Waals surface area contributed by atoms with Crippen molar-refractivity contribution in [2.75, 3.05) is 7.11 Å². The molecular weight excluding hydrogens is 222 g/mol. The fourth-order valence-corrected chi connectivity index (χ4v) is 2.25. The van der Waals surface area contributed by atoms with Crippen LogP contribution in [0.15, 0.2) is 17.5 Å². The lowest BCUT2D eigenvalue weighted by atomic mass is 10.0. The smallest absolute Gasteiger partial charge is 0.308 e. The molecule has 1 heterocycles. The third-order valence-corrected chi connectivity index (χ3v) is 3.39. The Hall–Kier alpha value is -0.870. The van der Waals surface area contributed by atoms with Crippen molar-refractivity contribution in [3.63, 3.8) is 0 Å². The Bertz CT molecular complexity index is 311. The van der Waals surface area contributed by atoms with Crippen molar-refractivity contribution >= 4 is 17.3 Å². The molecule has 0 saturated carbocycles. The standard InChI is InChI=1S/C12H19NO2S/c1-9(12(14)15-3)7-10(2)13-8-11-5-4-6-16-11/h4-6,9-10,13H,7-8H2,1-3H3. The summed E-state index contributed by atoms with van der Waals surface area (Å²) in [7, 11) is 1.43. The van der Waals surface area contributed by atoms with E-state index in [1.165, 1.54) is 12.0 Å². The van der Waals surface area contributed by atoms with Gasteiger partial charge in [-0.15, -0.1) is 11.3 Å². The summed E-state index contributed by atoms with van der Waals surface area (Å²) in [5.74, 6) is -0.180.